The molecule has 1 saturated heterocycles. The summed E-state index contributed by atoms with van der Waals surface area (Å²) in [6, 6.07) is 17.2. The fourth-order valence-corrected chi connectivity index (χ4v) is 4.10. The van der Waals surface area contributed by atoms with E-state index in [1.807, 2.05) is 80.3 Å². The monoisotopic (exact) mass is 476 g/mol. The summed E-state index contributed by atoms with van der Waals surface area (Å²) in [6.07, 6.45) is 2.68. The Morgan fingerprint density at radius 3 is 2.40 bits per heavy atom. The molecule has 0 spiro atoms. The third kappa shape index (κ3) is 6.01. The quantitative estimate of drug-likeness (QED) is 0.578. The number of aromatic nitrogens is 2. The highest BCUT2D eigenvalue weighted by Crippen LogP contribution is 2.28. The van der Waals surface area contributed by atoms with Crippen molar-refractivity contribution in [3.63, 3.8) is 0 Å². The van der Waals surface area contributed by atoms with Crippen molar-refractivity contribution < 1.29 is 19.1 Å². The minimum absolute atomic E-state index is 0.0289. The molecule has 2 heterocycles. The number of carbonyl (C=O) groups excluding carboxylic acids is 2. The Bertz CT molecular complexity index is 1180. The molecular weight excluding hydrogens is 444 g/mol. The molecule has 8 nitrogen and oxygen atoms in total. The van der Waals surface area contributed by atoms with Crippen molar-refractivity contribution in [2.45, 2.75) is 45.3 Å². The van der Waals surface area contributed by atoms with E-state index in [9.17, 15) is 9.59 Å². The molecular formula is C27H32N4O4. The maximum Gasteiger partial charge on any atom is 0.407 e. The SMILES string of the molecule is COc1cccc(-c2nn(-c3ccccc3)cc2C(=O)N2CCC(NC(=O)OC(C)(C)C)CC2)c1. The lowest BCUT2D eigenvalue weighted by molar-refractivity contribution is 0.0473. The van der Waals surface area contributed by atoms with Gasteiger partial charge in [0.1, 0.15) is 17.0 Å². The van der Waals surface area contributed by atoms with Crippen LogP contribution >= 0.6 is 0 Å². The first kappa shape index (κ1) is 24.3. The second-order valence-electron chi connectivity index (χ2n) is 9.62. The highest BCUT2D eigenvalue weighted by molar-refractivity contribution is 6.00. The summed E-state index contributed by atoms with van der Waals surface area (Å²) in [5.74, 6) is 0.616. The molecule has 2 aromatic carbocycles. The van der Waals surface area contributed by atoms with Gasteiger partial charge in [-0.2, -0.15) is 5.10 Å². The molecule has 1 fully saturated rings. The van der Waals surface area contributed by atoms with Crippen molar-refractivity contribution in [1.82, 2.24) is 20.0 Å². The zero-order valence-corrected chi connectivity index (χ0v) is 20.7. The number of para-hydroxylation sites is 1. The lowest BCUT2D eigenvalue weighted by Gasteiger charge is -2.32. The predicted octanol–water partition coefficient (Wildman–Crippen LogP) is 4.68. The van der Waals surface area contributed by atoms with E-state index in [4.69, 9.17) is 14.6 Å². The van der Waals surface area contributed by atoms with Crippen molar-refractivity contribution in [2.75, 3.05) is 20.2 Å². The zero-order chi connectivity index (χ0) is 25.0. The van der Waals surface area contributed by atoms with Gasteiger partial charge in [0.15, 0.2) is 0 Å². The molecule has 0 saturated carbocycles. The average Bonchev–Trinajstić information content (AvgIpc) is 3.29. The Kier molecular flexibility index (Phi) is 7.10. The van der Waals surface area contributed by atoms with Gasteiger partial charge < -0.3 is 19.7 Å². The van der Waals surface area contributed by atoms with Crippen LogP contribution < -0.4 is 10.1 Å². The van der Waals surface area contributed by atoms with Gasteiger partial charge in [0.25, 0.3) is 5.91 Å². The molecule has 1 N–H and O–H groups in total. The molecule has 0 unspecified atom stereocenters. The number of ether oxygens (including phenoxy) is 2. The minimum atomic E-state index is -0.545. The summed E-state index contributed by atoms with van der Waals surface area (Å²) in [4.78, 5) is 27.6. The van der Waals surface area contributed by atoms with Crippen LogP contribution in [0.5, 0.6) is 5.75 Å². The number of methoxy groups -OCH3 is 1. The lowest BCUT2D eigenvalue weighted by Crippen LogP contribution is -2.47. The van der Waals surface area contributed by atoms with E-state index in [-0.39, 0.29) is 11.9 Å². The first-order valence-corrected chi connectivity index (χ1v) is 11.8. The number of benzene rings is 2. The Balaban J connectivity index is 1.54. The molecule has 1 aliphatic rings. The second kappa shape index (κ2) is 10.2. The molecule has 0 atom stereocenters. The van der Waals surface area contributed by atoms with Crippen LogP contribution in [-0.2, 0) is 4.74 Å². The summed E-state index contributed by atoms with van der Waals surface area (Å²) in [5, 5.41) is 7.69. The minimum Gasteiger partial charge on any atom is -0.497 e. The lowest BCUT2D eigenvalue weighted by atomic mass is 10.0. The largest absolute Gasteiger partial charge is 0.497 e. The van der Waals surface area contributed by atoms with Gasteiger partial charge in [0, 0.05) is 30.9 Å². The molecule has 1 aromatic heterocycles. The van der Waals surface area contributed by atoms with Crippen LogP contribution in [0.25, 0.3) is 16.9 Å². The van der Waals surface area contributed by atoms with Crippen molar-refractivity contribution in [1.29, 1.82) is 0 Å². The van der Waals surface area contributed by atoms with E-state index in [0.29, 0.717) is 42.9 Å². The van der Waals surface area contributed by atoms with E-state index in [0.717, 1.165) is 11.3 Å². The van der Waals surface area contributed by atoms with Crippen molar-refractivity contribution in [3.8, 4) is 22.7 Å². The molecule has 2 amide bonds. The maximum atomic E-state index is 13.6. The van der Waals surface area contributed by atoms with Crippen LogP contribution in [0.3, 0.4) is 0 Å². The molecule has 0 aliphatic carbocycles. The molecule has 184 valence electrons. The van der Waals surface area contributed by atoms with Gasteiger partial charge in [0.2, 0.25) is 0 Å². The Morgan fingerprint density at radius 2 is 1.74 bits per heavy atom. The molecule has 8 heteroatoms. The molecule has 0 bridgehead atoms. The number of carbonyl (C=O) groups is 2. The fraction of sp³-hybridized carbons (Fsp3) is 0.370. The van der Waals surface area contributed by atoms with Crippen LogP contribution in [0.2, 0.25) is 0 Å². The van der Waals surface area contributed by atoms with Crippen molar-refractivity contribution in [2.24, 2.45) is 0 Å². The number of nitrogens with one attached hydrogen (secondary N) is 1. The van der Waals surface area contributed by atoms with Crippen molar-refractivity contribution in [3.05, 3.63) is 66.4 Å². The average molecular weight is 477 g/mol. The predicted molar refractivity (Wildman–Crippen MR) is 134 cm³/mol. The van der Waals surface area contributed by atoms with Crippen LogP contribution in [0.4, 0.5) is 4.79 Å². The summed E-state index contributed by atoms with van der Waals surface area (Å²) in [6.45, 7) is 6.58. The highest BCUT2D eigenvalue weighted by Gasteiger charge is 2.29. The van der Waals surface area contributed by atoms with Gasteiger partial charge in [-0.15, -0.1) is 0 Å². The highest BCUT2D eigenvalue weighted by atomic mass is 16.6. The zero-order valence-electron chi connectivity index (χ0n) is 20.7. The number of likely N-dealkylation sites (tertiary alicyclic amines) is 1. The van der Waals surface area contributed by atoms with Gasteiger partial charge >= 0.3 is 6.09 Å². The number of alkyl carbamates (subject to hydrolysis) is 1. The Labute approximate surface area is 205 Å². The Morgan fingerprint density at radius 1 is 1.03 bits per heavy atom. The topological polar surface area (TPSA) is 85.7 Å². The summed E-state index contributed by atoms with van der Waals surface area (Å²) < 4.78 is 12.5. The second-order valence-corrected chi connectivity index (χ2v) is 9.62. The van der Waals surface area contributed by atoms with Gasteiger partial charge in [-0.3, -0.25) is 4.79 Å². The number of rotatable bonds is 5. The van der Waals surface area contributed by atoms with E-state index in [1.165, 1.54) is 0 Å². The molecule has 1 aliphatic heterocycles. The van der Waals surface area contributed by atoms with E-state index in [1.54, 1.807) is 18.0 Å². The first-order valence-electron chi connectivity index (χ1n) is 11.8. The maximum absolute atomic E-state index is 13.6. The van der Waals surface area contributed by atoms with Crippen molar-refractivity contribution >= 4 is 12.0 Å². The van der Waals surface area contributed by atoms with Gasteiger partial charge in [-0.25, -0.2) is 9.48 Å². The Hall–Kier alpha value is -3.81. The number of amides is 2. The van der Waals surface area contributed by atoms with Gasteiger partial charge in [0.05, 0.1) is 18.4 Å². The van der Waals surface area contributed by atoms with Crippen LogP contribution in [0.1, 0.15) is 44.0 Å². The number of hydrogen-bond donors (Lipinski definition) is 1. The van der Waals surface area contributed by atoms with E-state index < -0.39 is 11.7 Å². The standard InChI is InChI=1S/C27H32N4O4/c1-27(2,3)35-26(33)28-20-13-15-30(16-14-20)25(32)23-18-31(21-10-6-5-7-11-21)29-24(23)19-9-8-12-22(17-19)34-4/h5-12,17-18,20H,13-16H2,1-4H3,(H,28,33). The molecule has 3 aromatic rings. The van der Waals surface area contributed by atoms with Gasteiger partial charge in [-0.1, -0.05) is 30.3 Å². The smallest absolute Gasteiger partial charge is 0.407 e. The third-order valence-corrected chi connectivity index (χ3v) is 5.81. The van der Waals surface area contributed by atoms with E-state index >= 15 is 0 Å². The first-order chi connectivity index (χ1) is 16.7. The summed E-state index contributed by atoms with van der Waals surface area (Å²) in [5.41, 5.74) is 2.27. The molecule has 0 radical (unpaired) electrons. The van der Waals surface area contributed by atoms with Crippen LogP contribution in [0.15, 0.2) is 60.8 Å². The van der Waals surface area contributed by atoms with Gasteiger partial charge in [-0.05, 0) is 57.9 Å². The van der Waals surface area contributed by atoms with E-state index in [2.05, 4.69) is 5.32 Å². The molecule has 35 heavy (non-hydrogen) atoms. The summed E-state index contributed by atoms with van der Waals surface area (Å²) >= 11 is 0. The molecule has 4 rings (SSSR count). The number of piperidine rings is 1. The fourth-order valence-electron chi connectivity index (χ4n) is 4.10. The third-order valence-electron chi connectivity index (χ3n) is 5.81. The van der Waals surface area contributed by atoms with Crippen LogP contribution in [0, 0.1) is 0 Å². The normalized spacial score (nSPS) is 14.5. The summed E-state index contributed by atoms with van der Waals surface area (Å²) in [7, 11) is 1.61. The van der Waals surface area contributed by atoms with Crippen LogP contribution in [-0.4, -0.2) is 58.5 Å². The number of nitrogens with zero attached hydrogens (tertiary/aromatic N) is 3. The number of hydrogen-bond acceptors (Lipinski definition) is 5.